The van der Waals surface area contributed by atoms with Gasteiger partial charge in [-0.3, -0.25) is 9.69 Å². The summed E-state index contributed by atoms with van der Waals surface area (Å²) < 4.78 is 10.7. The normalized spacial score (nSPS) is 24.4. The summed E-state index contributed by atoms with van der Waals surface area (Å²) in [6, 6.07) is 1.88. The van der Waals surface area contributed by atoms with Gasteiger partial charge in [0.25, 0.3) is 0 Å². The van der Waals surface area contributed by atoms with E-state index in [-0.39, 0.29) is 18.1 Å². The van der Waals surface area contributed by atoms with Crippen molar-refractivity contribution < 1.29 is 13.9 Å². The van der Waals surface area contributed by atoms with Crippen molar-refractivity contribution in [1.82, 2.24) is 9.80 Å². The van der Waals surface area contributed by atoms with Crippen molar-refractivity contribution in [3.05, 3.63) is 24.2 Å². The number of amides is 1. The molecule has 1 fully saturated rings. The summed E-state index contributed by atoms with van der Waals surface area (Å²) in [7, 11) is 1.82. The van der Waals surface area contributed by atoms with Crippen LogP contribution in [0.2, 0.25) is 0 Å². The fraction of sp³-hybridized carbons (Fsp3) is 0.643. The topological polar surface area (TPSA) is 45.9 Å². The van der Waals surface area contributed by atoms with Gasteiger partial charge in [0.15, 0.2) is 0 Å². The lowest BCUT2D eigenvalue weighted by Gasteiger charge is -2.35. The van der Waals surface area contributed by atoms with Gasteiger partial charge in [0, 0.05) is 32.2 Å². The molecule has 0 radical (unpaired) electrons. The first-order valence-electron chi connectivity index (χ1n) is 6.67. The molecule has 1 aromatic rings. The lowest BCUT2D eigenvalue weighted by Crippen LogP contribution is -2.49. The van der Waals surface area contributed by atoms with Crippen LogP contribution in [0.3, 0.4) is 0 Å². The fourth-order valence-electron chi connectivity index (χ4n) is 2.47. The number of carbonyl (C=O) groups is 1. The van der Waals surface area contributed by atoms with Gasteiger partial charge < -0.3 is 14.1 Å². The molecular formula is C14H22N2O3. The molecule has 5 nitrogen and oxygen atoms in total. The first-order valence-corrected chi connectivity index (χ1v) is 6.67. The fourth-order valence-corrected chi connectivity index (χ4v) is 2.47. The predicted molar refractivity (Wildman–Crippen MR) is 71.6 cm³/mol. The van der Waals surface area contributed by atoms with Crippen molar-refractivity contribution in [3.63, 3.8) is 0 Å². The molecule has 1 amide bonds. The second kappa shape index (κ2) is 6.21. The van der Waals surface area contributed by atoms with Gasteiger partial charge in [-0.2, -0.15) is 0 Å². The highest BCUT2D eigenvalue weighted by atomic mass is 16.5. The highest BCUT2D eigenvalue weighted by Gasteiger charge is 2.24. The lowest BCUT2D eigenvalue weighted by molar-refractivity contribution is -0.135. The van der Waals surface area contributed by atoms with E-state index in [4.69, 9.17) is 9.15 Å². The number of hydrogen-bond acceptors (Lipinski definition) is 4. The number of nitrogens with zero attached hydrogens (tertiary/aromatic N) is 2. The molecule has 0 N–H and O–H groups in total. The minimum absolute atomic E-state index is 0.127. The number of ether oxygens (including phenoxy) is 1. The summed E-state index contributed by atoms with van der Waals surface area (Å²) in [5.41, 5.74) is 1.01. The van der Waals surface area contributed by atoms with E-state index in [0.717, 1.165) is 18.7 Å². The zero-order valence-corrected chi connectivity index (χ0v) is 11.8. The van der Waals surface area contributed by atoms with Crippen molar-refractivity contribution in [2.75, 3.05) is 26.7 Å². The van der Waals surface area contributed by atoms with E-state index in [2.05, 4.69) is 4.90 Å². The number of rotatable bonds is 4. The average molecular weight is 266 g/mol. The third-order valence-corrected chi connectivity index (χ3v) is 3.28. The molecule has 0 saturated carbocycles. The summed E-state index contributed by atoms with van der Waals surface area (Å²) in [6.07, 6.45) is 3.67. The Kier molecular flexibility index (Phi) is 4.61. The summed E-state index contributed by atoms with van der Waals surface area (Å²) >= 11 is 0. The van der Waals surface area contributed by atoms with Gasteiger partial charge in [0.1, 0.15) is 0 Å². The van der Waals surface area contributed by atoms with E-state index in [1.807, 2.05) is 27.0 Å². The molecule has 1 aliphatic heterocycles. The van der Waals surface area contributed by atoms with Crippen LogP contribution < -0.4 is 0 Å². The first-order chi connectivity index (χ1) is 9.04. The van der Waals surface area contributed by atoms with Crippen molar-refractivity contribution >= 4 is 5.91 Å². The highest BCUT2D eigenvalue weighted by molar-refractivity contribution is 5.78. The molecule has 1 aliphatic rings. The summed E-state index contributed by atoms with van der Waals surface area (Å²) in [4.78, 5) is 16.1. The number of carbonyl (C=O) groups excluding carboxylic acids is 1. The van der Waals surface area contributed by atoms with Crippen LogP contribution in [0.5, 0.6) is 0 Å². The van der Waals surface area contributed by atoms with Gasteiger partial charge in [-0.25, -0.2) is 0 Å². The molecule has 0 unspecified atom stereocenters. The second-order valence-corrected chi connectivity index (χ2v) is 5.33. The monoisotopic (exact) mass is 266 g/mol. The largest absolute Gasteiger partial charge is 0.472 e. The molecule has 0 aromatic carbocycles. The third-order valence-electron chi connectivity index (χ3n) is 3.28. The van der Waals surface area contributed by atoms with Crippen molar-refractivity contribution in [2.24, 2.45) is 0 Å². The Balaban J connectivity index is 1.82. The van der Waals surface area contributed by atoms with E-state index in [1.54, 1.807) is 17.4 Å². The average Bonchev–Trinajstić information content (AvgIpc) is 2.80. The Bertz CT molecular complexity index is 395. The highest BCUT2D eigenvalue weighted by Crippen LogP contribution is 2.11. The van der Waals surface area contributed by atoms with Crippen LogP contribution in [0.4, 0.5) is 0 Å². The molecule has 0 bridgehead atoms. The molecule has 1 aromatic heterocycles. The molecule has 106 valence electrons. The van der Waals surface area contributed by atoms with Crippen LogP contribution in [-0.4, -0.2) is 54.6 Å². The molecule has 2 rings (SSSR count). The molecule has 19 heavy (non-hydrogen) atoms. The zero-order chi connectivity index (χ0) is 13.8. The lowest BCUT2D eigenvalue weighted by atomic mass is 10.2. The Morgan fingerprint density at radius 3 is 2.68 bits per heavy atom. The van der Waals surface area contributed by atoms with Crippen LogP contribution in [-0.2, 0) is 16.1 Å². The number of furan rings is 1. The maximum atomic E-state index is 12.2. The molecule has 1 saturated heterocycles. The number of morpholine rings is 1. The second-order valence-electron chi connectivity index (χ2n) is 5.33. The van der Waals surface area contributed by atoms with Gasteiger partial charge in [-0.15, -0.1) is 0 Å². The SMILES string of the molecule is C[C@@H]1CN(CC(=O)N(C)Cc2ccoc2)C[C@H](C)O1. The van der Waals surface area contributed by atoms with Gasteiger partial charge in [0.05, 0.1) is 31.3 Å². The van der Waals surface area contributed by atoms with Crippen molar-refractivity contribution in [3.8, 4) is 0 Å². The third kappa shape index (κ3) is 4.08. The zero-order valence-electron chi connectivity index (χ0n) is 11.8. The summed E-state index contributed by atoms with van der Waals surface area (Å²) in [6.45, 7) is 6.76. The van der Waals surface area contributed by atoms with Crippen LogP contribution in [0.25, 0.3) is 0 Å². The van der Waals surface area contributed by atoms with E-state index >= 15 is 0 Å². The van der Waals surface area contributed by atoms with E-state index in [0.29, 0.717) is 13.1 Å². The van der Waals surface area contributed by atoms with Crippen molar-refractivity contribution in [2.45, 2.75) is 32.6 Å². The van der Waals surface area contributed by atoms with Gasteiger partial charge >= 0.3 is 0 Å². The quantitative estimate of drug-likeness (QED) is 0.825. The van der Waals surface area contributed by atoms with Crippen LogP contribution in [0.1, 0.15) is 19.4 Å². The maximum absolute atomic E-state index is 12.2. The van der Waals surface area contributed by atoms with E-state index in [9.17, 15) is 4.79 Å². The van der Waals surface area contributed by atoms with Gasteiger partial charge in [-0.1, -0.05) is 0 Å². The molecule has 2 heterocycles. The predicted octanol–water partition coefficient (Wildman–Crippen LogP) is 1.35. The van der Waals surface area contributed by atoms with Crippen LogP contribution >= 0.6 is 0 Å². The minimum atomic E-state index is 0.127. The number of likely N-dealkylation sites (N-methyl/N-ethyl adjacent to an activating group) is 1. The van der Waals surface area contributed by atoms with Crippen molar-refractivity contribution in [1.29, 1.82) is 0 Å². The summed E-state index contributed by atoms with van der Waals surface area (Å²) in [5, 5.41) is 0. The Hall–Kier alpha value is -1.33. The van der Waals surface area contributed by atoms with Gasteiger partial charge in [0.2, 0.25) is 5.91 Å². The van der Waals surface area contributed by atoms with Crippen LogP contribution in [0, 0.1) is 0 Å². The smallest absolute Gasteiger partial charge is 0.236 e. The summed E-state index contributed by atoms with van der Waals surface area (Å²) in [5.74, 6) is 0.127. The molecule has 2 atom stereocenters. The van der Waals surface area contributed by atoms with Gasteiger partial charge in [-0.05, 0) is 19.9 Å². The Labute approximate surface area is 114 Å². The molecule has 0 spiro atoms. The number of hydrogen-bond donors (Lipinski definition) is 0. The van der Waals surface area contributed by atoms with E-state index in [1.165, 1.54) is 0 Å². The molecular weight excluding hydrogens is 244 g/mol. The maximum Gasteiger partial charge on any atom is 0.236 e. The van der Waals surface area contributed by atoms with E-state index < -0.39 is 0 Å². The standard InChI is InChI=1S/C14H22N2O3/c1-11-6-16(7-12(2)19-11)9-14(17)15(3)8-13-4-5-18-10-13/h4-5,10-12H,6-9H2,1-3H3/t11-,12+. The Morgan fingerprint density at radius 2 is 2.11 bits per heavy atom. The first kappa shape index (κ1) is 14.1. The minimum Gasteiger partial charge on any atom is -0.472 e. The Morgan fingerprint density at radius 1 is 1.42 bits per heavy atom. The molecule has 0 aliphatic carbocycles. The van der Waals surface area contributed by atoms with Crippen LogP contribution in [0.15, 0.2) is 23.0 Å². The molecule has 5 heteroatoms.